The molecular formula is C9H9BrO. The van der Waals surface area contributed by atoms with Gasteiger partial charge in [-0.05, 0) is 17.7 Å². The summed E-state index contributed by atoms with van der Waals surface area (Å²) in [6, 6.07) is 8.37. The van der Waals surface area contributed by atoms with Crippen LogP contribution in [0.3, 0.4) is 0 Å². The largest absolute Gasteiger partial charge is 0.373 e. The highest BCUT2D eigenvalue weighted by atomic mass is 79.9. The highest BCUT2D eigenvalue weighted by Gasteiger charge is 2.22. The predicted octanol–water partition coefficient (Wildman–Crippen LogP) is 2.39. The van der Waals surface area contributed by atoms with Crippen molar-refractivity contribution in [3.63, 3.8) is 0 Å². The third-order valence-electron chi connectivity index (χ3n) is 1.75. The average Bonchev–Trinajstić information content (AvgIpc) is 2.71. The third-order valence-corrected chi connectivity index (χ3v) is 2.25. The summed E-state index contributed by atoms with van der Waals surface area (Å²) in [5, 5.41) is 0. The van der Waals surface area contributed by atoms with E-state index in [4.69, 9.17) is 4.74 Å². The van der Waals surface area contributed by atoms with Crippen LogP contribution >= 0.6 is 15.9 Å². The van der Waals surface area contributed by atoms with Crippen molar-refractivity contribution in [1.29, 1.82) is 0 Å². The smallest absolute Gasteiger partial charge is 0.0850 e. The number of epoxide rings is 1. The standard InChI is InChI=1S/C9H9BrO/c10-8-3-1-2-7(4-8)5-9-6-11-9/h1-4,9H,5-6H2. The minimum absolute atomic E-state index is 0.490. The molecular weight excluding hydrogens is 204 g/mol. The fraction of sp³-hybridized carbons (Fsp3) is 0.333. The summed E-state index contributed by atoms with van der Waals surface area (Å²) >= 11 is 3.43. The Hall–Kier alpha value is -0.340. The van der Waals surface area contributed by atoms with Crippen molar-refractivity contribution in [2.75, 3.05) is 6.61 Å². The summed E-state index contributed by atoms with van der Waals surface area (Å²) in [4.78, 5) is 0. The molecule has 0 bridgehead atoms. The quantitative estimate of drug-likeness (QED) is 0.687. The molecule has 2 rings (SSSR count). The van der Waals surface area contributed by atoms with Gasteiger partial charge in [-0.1, -0.05) is 28.1 Å². The van der Waals surface area contributed by atoms with Crippen LogP contribution in [-0.4, -0.2) is 12.7 Å². The van der Waals surface area contributed by atoms with Gasteiger partial charge in [-0.25, -0.2) is 0 Å². The lowest BCUT2D eigenvalue weighted by Gasteiger charge is -1.96. The Labute approximate surface area is 74.5 Å². The Morgan fingerprint density at radius 2 is 2.36 bits per heavy atom. The van der Waals surface area contributed by atoms with E-state index in [-0.39, 0.29) is 0 Å². The minimum atomic E-state index is 0.490. The van der Waals surface area contributed by atoms with Gasteiger partial charge in [0, 0.05) is 10.9 Å². The molecule has 0 radical (unpaired) electrons. The summed E-state index contributed by atoms with van der Waals surface area (Å²) in [7, 11) is 0. The molecule has 0 saturated carbocycles. The zero-order valence-electron chi connectivity index (χ0n) is 6.09. The lowest BCUT2D eigenvalue weighted by Crippen LogP contribution is -1.91. The molecule has 0 N–H and O–H groups in total. The van der Waals surface area contributed by atoms with Crippen molar-refractivity contribution in [2.24, 2.45) is 0 Å². The lowest BCUT2D eigenvalue weighted by molar-refractivity contribution is 0.407. The van der Waals surface area contributed by atoms with Crippen LogP contribution in [0.25, 0.3) is 0 Å². The fourth-order valence-corrected chi connectivity index (χ4v) is 1.56. The molecule has 0 aromatic heterocycles. The summed E-state index contributed by atoms with van der Waals surface area (Å²) in [5.41, 5.74) is 1.35. The molecule has 1 unspecified atom stereocenters. The Morgan fingerprint density at radius 1 is 1.55 bits per heavy atom. The van der Waals surface area contributed by atoms with Crippen molar-refractivity contribution in [2.45, 2.75) is 12.5 Å². The second kappa shape index (κ2) is 2.95. The molecule has 58 valence electrons. The summed E-state index contributed by atoms with van der Waals surface area (Å²) < 4.78 is 6.29. The Balaban J connectivity index is 2.10. The first-order chi connectivity index (χ1) is 5.34. The molecule has 1 heterocycles. The van der Waals surface area contributed by atoms with Crippen LogP contribution < -0.4 is 0 Å². The number of rotatable bonds is 2. The van der Waals surface area contributed by atoms with E-state index < -0.39 is 0 Å². The van der Waals surface area contributed by atoms with Crippen LogP contribution in [0.5, 0.6) is 0 Å². The molecule has 1 fully saturated rings. The van der Waals surface area contributed by atoms with Gasteiger partial charge in [0.05, 0.1) is 12.7 Å². The van der Waals surface area contributed by atoms with Gasteiger partial charge in [0.15, 0.2) is 0 Å². The van der Waals surface area contributed by atoms with E-state index in [9.17, 15) is 0 Å². The second-order valence-electron chi connectivity index (χ2n) is 2.79. The molecule has 1 nitrogen and oxygen atoms in total. The van der Waals surface area contributed by atoms with Crippen LogP contribution in [0, 0.1) is 0 Å². The van der Waals surface area contributed by atoms with Gasteiger partial charge in [-0.2, -0.15) is 0 Å². The molecule has 11 heavy (non-hydrogen) atoms. The van der Waals surface area contributed by atoms with Crippen molar-refractivity contribution in [1.82, 2.24) is 0 Å². The van der Waals surface area contributed by atoms with Gasteiger partial charge >= 0.3 is 0 Å². The lowest BCUT2D eigenvalue weighted by atomic mass is 10.1. The highest BCUT2D eigenvalue weighted by Crippen LogP contribution is 2.18. The van der Waals surface area contributed by atoms with Crippen LogP contribution in [0.1, 0.15) is 5.56 Å². The summed E-state index contributed by atoms with van der Waals surface area (Å²) in [6.07, 6.45) is 1.55. The van der Waals surface area contributed by atoms with E-state index >= 15 is 0 Å². The Kier molecular flexibility index (Phi) is 1.96. The Bertz CT molecular complexity index is 255. The van der Waals surface area contributed by atoms with E-state index in [0.717, 1.165) is 17.5 Å². The number of hydrogen-bond acceptors (Lipinski definition) is 1. The zero-order chi connectivity index (χ0) is 7.68. The Morgan fingerprint density at radius 3 is 3.00 bits per heavy atom. The van der Waals surface area contributed by atoms with E-state index in [2.05, 4.69) is 34.1 Å². The number of ether oxygens (including phenoxy) is 1. The maximum Gasteiger partial charge on any atom is 0.0850 e. The molecule has 1 aromatic rings. The first-order valence-electron chi connectivity index (χ1n) is 3.70. The van der Waals surface area contributed by atoms with Crippen LogP contribution in [-0.2, 0) is 11.2 Å². The molecule has 1 aliphatic rings. The van der Waals surface area contributed by atoms with Gasteiger partial charge in [-0.3, -0.25) is 0 Å². The minimum Gasteiger partial charge on any atom is -0.373 e. The summed E-state index contributed by atoms with van der Waals surface area (Å²) in [5.74, 6) is 0. The molecule has 1 aliphatic heterocycles. The maximum atomic E-state index is 5.14. The van der Waals surface area contributed by atoms with Gasteiger partial charge < -0.3 is 4.74 Å². The van der Waals surface area contributed by atoms with E-state index in [1.165, 1.54) is 5.56 Å². The third kappa shape index (κ3) is 2.04. The van der Waals surface area contributed by atoms with Crippen LogP contribution in [0.2, 0.25) is 0 Å². The van der Waals surface area contributed by atoms with Crippen LogP contribution in [0.4, 0.5) is 0 Å². The van der Waals surface area contributed by atoms with Crippen molar-refractivity contribution < 1.29 is 4.74 Å². The maximum absolute atomic E-state index is 5.14. The van der Waals surface area contributed by atoms with Gasteiger partial charge in [0.25, 0.3) is 0 Å². The number of hydrogen-bond donors (Lipinski definition) is 0. The molecule has 0 amide bonds. The van der Waals surface area contributed by atoms with Gasteiger partial charge in [0.2, 0.25) is 0 Å². The molecule has 0 aliphatic carbocycles. The van der Waals surface area contributed by atoms with Gasteiger partial charge in [-0.15, -0.1) is 0 Å². The second-order valence-corrected chi connectivity index (χ2v) is 3.71. The first kappa shape index (κ1) is 7.32. The van der Waals surface area contributed by atoms with Crippen molar-refractivity contribution >= 4 is 15.9 Å². The zero-order valence-corrected chi connectivity index (χ0v) is 7.67. The van der Waals surface area contributed by atoms with E-state index in [1.54, 1.807) is 0 Å². The van der Waals surface area contributed by atoms with Gasteiger partial charge in [0.1, 0.15) is 0 Å². The predicted molar refractivity (Wildman–Crippen MR) is 47.6 cm³/mol. The molecule has 2 heteroatoms. The van der Waals surface area contributed by atoms with Crippen LogP contribution in [0.15, 0.2) is 28.7 Å². The fourth-order valence-electron chi connectivity index (χ4n) is 1.11. The number of halogens is 1. The van der Waals surface area contributed by atoms with Crippen molar-refractivity contribution in [3.8, 4) is 0 Å². The monoisotopic (exact) mass is 212 g/mol. The molecule has 1 atom stereocenters. The highest BCUT2D eigenvalue weighted by molar-refractivity contribution is 9.10. The van der Waals surface area contributed by atoms with Crippen molar-refractivity contribution in [3.05, 3.63) is 34.3 Å². The average molecular weight is 213 g/mol. The van der Waals surface area contributed by atoms with E-state index in [1.807, 2.05) is 6.07 Å². The summed E-state index contributed by atoms with van der Waals surface area (Å²) in [6.45, 7) is 0.937. The van der Waals surface area contributed by atoms with E-state index in [0.29, 0.717) is 6.10 Å². The topological polar surface area (TPSA) is 12.5 Å². The molecule has 1 aromatic carbocycles. The SMILES string of the molecule is Brc1cccc(CC2CO2)c1. The normalized spacial score (nSPS) is 21.7. The molecule has 1 saturated heterocycles. The molecule has 0 spiro atoms. The first-order valence-corrected chi connectivity index (χ1v) is 4.50. The number of benzene rings is 1.